The van der Waals surface area contributed by atoms with Crippen LogP contribution in [-0.4, -0.2) is 47.5 Å². The van der Waals surface area contributed by atoms with Gasteiger partial charge in [0.2, 0.25) is 0 Å². The number of hydrogen-bond acceptors (Lipinski definition) is 6. The summed E-state index contributed by atoms with van der Waals surface area (Å²) in [7, 11) is -3.08. The van der Waals surface area contributed by atoms with E-state index in [9.17, 15) is 8.42 Å². The van der Waals surface area contributed by atoms with Gasteiger partial charge in [0.25, 0.3) is 0 Å². The number of hydrogen-bond donors (Lipinski definition) is 1. The summed E-state index contributed by atoms with van der Waals surface area (Å²) < 4.78 is 24.5. The number of nitrogens with two attached hydrogens (primary N) is 1. The lowest BCUT2D eigenvalue weighted by molar-refractivity contribution is 0.258. The van der Waals surface area contributed by atoms with Gasteiger partial charge < -0.3 is 5.73 Å². The van der Waals surface area contributed by atoms with E-state index in [4.69, 9.17) is 5.73 Å². The molecule has 0 aliphatic carbocycles. The number of rotatable bonds is 4. The van der Waals surface area contributed by atoms with E-state index in [-0.39, 0.29) is 5.75 Å². The zero-order valence-corrected chi connectivity index (χ0v) is 14.4. The van der Waals surface area contributed by atoms with Crippen molar-refractivity contribution in [2.45, 2.75) is 32.7 Å². The molecule has 0 bridgehead atoms. The van der Waals surface area contributed by atoms with Crippen LogP contribution in [0.4, 0.5) is 5.69 Å². The minimum Gasteiger partial charge on any atom is -0.398 e. The summed E-state index contributed by atoms with van der Waals surface area (Å²) in [4.78, 5) is 6.48. The van der Waals surface area contributed by atoms with Crippen molar-refractivity contribution in [2.75, 3.05) is 29.5 Å². The smallest absolute Gasteiger partial charge is 0.166 e. The number of anilines is 1. The average Bonchev–Trinajstić information content (AvgIpc) is 2.48. The first kappa shape index (κ1) is 16.6. The van der Waals surface area contributed by atoms with E-state index in [1.54, 1.807) is 24.9 Å². The Morgan fingerprint density at radius 2 is 2.19 bits per heavy atom. The van der Waals surface area contributed by atoms with Crippen molar-refractivity contribution >= 4 is 27.3 Å². The minimum absolute atomic E-state index is 0.178. The molecule has 7 heteroatoms. The molecule has 1 atom stereocenters. The molecule has 2 rings (SSSR count). The number of nitrogen functional groups attached to an aromatic ring is 1. The number of nitrogens with zero attached hydrogens (tertiary/aromatic N) is 2. The fraction of sp³-hybridized carbons (Fsp3) is 0.643. The molecule has 21 heavy (non-hydrogen) atoms. The highest BCUT2D eigenvalue weighted by Crippen LogP contribution is 2.25. The van der Waals surface area contributed by atoms with Gasteiger partial charge in [-0.3, -0.25) is 9.88 Å². The molecule has 1 aromatic heterocycles. The number of pyridine rings is 1. The van der Waals surface area contributed by atoms with E-state index in [2.05, 4.69) is 4.98 Å². The highest BCUT2D eigenvalue weighted by molar-refractivity contribution is 8.01. The molecule has 1 unspecified atom stereocenters. The van der Waals surface area contributed by atoms with Crippen molar-refractivity contribution in [3.8, 4) is 0 Å². The van der Waals surface area contributed by atoms with E-state index in [1.165, 1.54) is 0 Å². The molecular weight excluding hydrogens is 306 g/mol. The van der Waals surface area contributed by atoms with Crippen LogP contribution in [0.1, 0.15) is 23.7 Å². The molecule has 2 N–H and O–H groups in total. The molecule has 0 aromatic carbocycles. The largest absolute Gasteiger partial charge is 0.398 e. The normalized spacial score (nSPS) is 20.6. The number of sulfone groups is 1. The zero-order valence-electron chi connectivity index (χ0n) is 12.8. The van der Waals surface area contributed by atoms with Crippen molar-refractivity contribution < 1.29 is 8.42 Å². The second-order valence-electron chi connectivity index (χ2n) is 5.38. The Hall–Kier alpha value is -0.790. The van der Waals surface area contributed by atoms with Crippen molar-refractivity contribution in [1.29, 1.82) is 0 Å². The van der Waals surface area contributed by atoms with E-state index >= 15 is 0 Å². The summed E-state index contributed by atoms with van der Waals surface area (Å²) in [5.41, 5.74) is 9.60. The predicted molar refractivity (Wildman–Crippen MR) is 89.1 cm³/mol. The predicted octanol–water partition coefficient (Wildman–Crippen LogP) is 1.59. The van der Waals surface area contributed by atoms with Crippen molar-refractivity contribution in [3.05, 3.63) is 23.0 Å². The molecule has 118 valence electrons. The summed E-state index contributed by atoms with van der Waals surface area (Å²) in [5, 5.41) is -0.412. The monoisotopic (exact) mass is 329 g/mol. The second kappa shape index (κ2) is 6.54. The Bertz CT molecular complexity index is 617. The van der Waals surface area contributed by atoms with Gasteiger partial charge in [-0.25, -0.2) is 8.42 Å². The van der Waals surface area contributed by atoms with Gasteiger partial charge in [0, 0.05) is 42.2 Å². The third-order valence-electron chi connectivity index (χ3n) is 4.04. The number of aromatic nitrogens is 1. The van der Waals surface area contributed by atoms with Gasteiger partial charge in [-0.05, 0) is 25.0 Å². The lowest BCUT2D eigenvalue weighted by Gasteiger charge is -2.34. The molecule has 2 heterocycles. The van der Waals surface area contributed by atoms with Crippen LogP contribution in [0.3, 0.4) is 0 Å². The van der Waals surface area contributed by atoms with Crippen molar-refractivity contribution in [2.24, 2.45) is 0 Å². The molecular formula is C14H23N3O2S2. The van der Waals surface area contributed by atoms with Gasteiger partial charge in [-0.1, -0.05) is 6.92 Å². The van der Waals surface area contributed by atoms with Crippen LogP contribution in [0.5, 0.6) is 0 Å². The van der Waals surface area contributed by atoms with Crippen molar-refractivity contribution in [1.82, 2.24) is 9.88 Å². The molecule has 1 aliphatic rings. The molecule has 0 amide bonds. The third-order valence-corrected chi connectivity index (χ3v) is 7.37. The van der Waals surface area contributed by atoms with Gasteiger partial charge >= 0.3 is 0 Å². The maximum atomic E-state index is 12.3. The van der Waals surface area contributed by atoms with Gasteiger partial charge in [-0.2, -0.15) is 11.8 Å². The highest BCUT2D eigenvalue weighted by atomic mass is 32.2. The molecule has 1 aromatic rings. The Morgan fingerprint density at radius 3 is 2.86 bits per heavy atom. The van der Waals surface area contributed by atoms with E-state index < -0.39 is 15.2 Å². The summed E-state index contributed by atoms with van der Waals surface area (Å²) in [6.07, 6.45) is 1.76. The summed E-state index contributed by atoms with van der Waals surface area (Å²) >= 11 is 1.70. The van der Waals surface area contributed by atoms with Crippen LogP contribution in [0.25, 0.3) is 0 Å². The zero-order chi connectivity index (χ0) is 15.6. The Balaban J connectivity index is 2.26. The van der Waals surface area contributed by atoms with Crippen LogP contribution in [0.2, 0.25) is 0 Å². The van der Waals surface area contributed by atoms with Gasteiger partial charge in [0.15, 0.2) is 9.84 Å². The highest BCUT2D eigenvalue weighted by Gasteiger charge is 2.33. The summed E-state index contributed by atoms with van der Waals surface area (Å²) in [6.45, 7) is 6.90. The third kappa shape index (κ3) is 3.52. The van der Waals surface area contributed by atoms with Crippen LogP contribution >= 0.6 is 11.8 Å². The number of aryl methyl sites for hydroxylation is 1. The molecule has 5 nitrogen and oxygen atoms in total. The second-order valence-corrected chi connectivity index (χ2v) is 8.98. The quantitative estimate of drug-likeness (QED) is 0.904. The molecule has 1 saturated heterocycles. The van der Waals surface area contributed by atoms with Gasteiger partial charge in [-0.15, -0.1) is 0 Å². The maximum absolute atomic E-state index is 12.3. The Kier molecular flexibility index (Phi) is 5.16. The van der Waals surface area contributed by atoms with Gasteiger partial charge in [0.05, 0.1) is 5.69 Å². The molecule has 0 radical (unpaired) electrons. The molecule has 1 aliphatic heterocycles. The topological polar surface area (TPSA) is 76.3 Å². The lowest BCUT2D eigenvalue weighted by Crippen LogP contribution is -2.47. The fourth-order valence-electron chi connectivity index (χ4n) is 2.46. The lowest BCUT2D eigenvalue weighted by atomic mass is 10.1. The molecule has 1 fully saturated rings. The Morgan fingerprint density at radius 1 is 1.48 bits per heavy atom. The Labute approximate surface area is 131 Å². The van der Waals surface area contributed by atoms with Gasteiger partial charge in [0.1, 0.15) is 5.37 Å². The van der Waals surface area contributed by atoms with Crippen LogP contribution < -0.4 is 5.73 Å². The van der Waals surface area contributed by atoms with Crippen LogP contribution in [0, 0.1) is 13.8 Å². The first-order valence-electron chi connectivity index (χ1n) is 7.10. The first-order chi connectivity index (χ1) is 9.86. The minimum atomic E-state index is -3.08. The van der Waals surface area contributed by atoms with E-state index in [0.29, 0.717) is 12.3 Å². The standard InChI is InChI=1S/C14H23N3O2S2/c1-4-21(18,19)13-9-20-6-5-17(13)8-12-11(3)14(15)10(2)7-16-12/h7,13H,4-6,8-9H2,1-3H3,(H2,15,16). The SMILES string of the molecule is CCS(=O)(=O)C1CSCCN1Cc1ncc(C)c(N)c1C. The number of thioether (sulfide) groups is 1. The summed E-state index contributed by atoms with van der Waals surface area (Å²) in [6, 6.07) is 0. The maximum Gasteiger partial charge on any atom is 0.166 e. The summed E-state index contributed by atoms with van der Waals surface area (Å²) in [5.74, 6) is 1.77. The van der Waals surface area contributed by atoms with E-state index in [1.807, 2.05) is 18.7 Å². The first-order valence-corrected chi connectivity index (χ1v) is 9.97. The molecule has 0 spiro atoms. The van der Waals surface area contributed by atoms with Crippen LogP contribution in [-0.2, 0) is 16.4 Å². The van der Waals surface area contributed by atoms with Crippen LogP contribution in [0.15, 0.2) is 6.20 Å². The average molecular weight is 329 g/mol. The molecule has 0 saturated carbocycles. The van der Waals surface area contributed by atoms with Crippen molar-refractivity contribution in [3.63, 3.8) is 0 Å². The van der Waals surface area contributed by atoms with E-state index in [0.717, 1.165) is 34.8 Å². The fourth-order valence-corrected chi connectivity index (χ4v) is 5.54.